The highest BCUT2D eigenvalue weighted by Crippen LogP contribution is 2.51. The number of nitrogens with zero attached hydrogens (tertiary/aromatic N) is 8. The number of fused-ring (bicyclic) bond motifs is 10. The minimum atomic E-state index is 0.668. The molecule has 0 N–H and O–H groups in total. The number of anilines is 6. The first-order chi connectivity index (χ1) is 42.2. The summed E-state index contributed by atoms with van der Waals surface area (Å²) in [6, 6.07) is 104. The standard InChI is InChI=1S/C76H48N8S/c1-3-23-55(24-4-1)81(57-39-43-59(44-40-57)83-65-31-15-11-27-61(65)62-28-12-16-32-66(62)83)75-71-72(78-70(54-38-36-50-20-8-10-22-52(50)48-54)69(77-71)53-37-35-49-19-7-9-21-51(49)47-53)76(74-73(75)79-85-80-74)82(56-25-5-2-6-26-56)58-41-45-60(46-42-58)84-67-33-17-13-29-63(67)64-30-14-18-34-68(64)84/h1-48H. The van der Waals surface area contributed by atoms with Gasteiger partial charge in [0.25, 0.3) is 0 Å². The molecule has 17 rings (SSSR count). The molecular formula is C76H48N8S. The molecule has 398 valence electrons. The van der Waals surface area contributed by atoms with Crippen molar-refractivity contribution in [3.05, 3.63) is 291 Å². The van der Waals surface area contributed by atoms with Crippen LogP contribution in [0.4, 0.5) is 34.1 Å². The van der Waals surface area contributed by atoms with Gasteiger partial charge in [-0.1, -0.05) is 182 Å². The summed E-state index contributed by atoms with van der Waals surface area (Å²) in [4.78, 5) is 16.7. The SMILES string of the molecule is c1ccc(N(c2ccc(-n3c4ccccc4c4ccccc43)cc2)c2c3nsnc3c(N(c3ccccc3)c3ccc(-n4c5ccccc5c5ccccc54)cc3)c3nc(-c4ccc5ccccc5c4)c(-c4ccc5ccccc5c4)nc23)cc1. The molecule has 0 spiro atoms. The van der Waals surface area contributed by atoms with E-state index >= 15 is 0 Å². The van der Waals surface area contributed by atoms with E-state index in [4.69, 9.17) is 18.7 Å². The molecule has 0 amide bonds. The molecule has 85 heavy (non-hydrogen) atoms. The molecule has 0 fully saturated rings. The van der Waals surface area contributed by atoms with Gasteiger partial charge >= 0.3 is 0 Å². The molecule has 0 saturated heterocycles. The van der Waals surface area contributed by atoms with Crippen LogP contribution in [0.3, 0.4) is 0 Å². The topological polar surface area (TPSA) is 67.9 Å². The second kappa shape index (κ2) is 19.7. The van der Waals surface area contributed by atoms with Crippen LogP contribution in [-0.4, -0.2) is 27.8 Å². The summed E-state index contributed by atoms with van der Waals surface area (Å²) in [6.45, 7) is 0. The van der Waals surface area contributed by atoms with Gasteiger partial charge in [0.1, 0.15) is 33.4 Å². The van der Waals surface area contributed by atoms with E-state index in [0.29, 0.717) is 22.1 Å². The molecule has 0 atom stereocenters. The van der Waals surface area contributed by atoms with Gasteiger partial charge in [0.15, 0.2) is 0 Å². The molecule has 0 aliphatic carbocycles. The Morgan fingerprint density at radius 2 is 0.588 bits per heavy atom. The summed E-state index contributed by atoms with van der Waals surface area (Å²) in [6.07, 6.45) is 0. The Hall–Kier alpha value is -11.3. The molecule has 4 aromatic heterocycles. The Bertz CT molecular complexity index is 5000. The second-order valence-corrected chi connectivity index (χ2v) is 22.0. The van der Waals surface area contributed by atoms with Gasteiger partial charge in [0.2, 0.25) is 0 Å². The van der Waals surface area contributed by atoms with Crippen LogP contribution in [0.5, 0.6) is 0 Å². The average molecular weight is 1110 g/mol. The summed E-state index contributed by atoms with van der Waals surface area (Å²) < 4.78 is 15.4. The van der Waals surface area contributed by atoms with Gasteiger partial charge in [-0.05, 0) is 131 Å². The van der Waals surface area contributed by atoms with Crippen molar-refractivity contribution in [1.29, 1.82) is 0 Å². The summed E-state index contributed by atoms with van der Waals surface area (Å²) >= 11 is 1.20. The molecule has 9 heteroatoms. The normalized spacial score (nSPS) is 11.8. The largest absolute Gasteiger partial charge is 0.309 e. The van der Waals surface area contributed by atoms with Crippen LogP contribution in [0.25, 0.3) is 121 Å². The summed E-state index contributed by atoms with van der Waals surface area (Å²) in [5.41, 5.74) is 18.1. The minimum Gasteiger partial charge on any atom is -0.309 e. The number of benzene rings is 13. The van der Waals surface area contributed by atoms with Crippen LogP contribution >= 0.6 is 11.7 Å². The van der Waals surface area contributed by atoms with Crippen LogP contribution in [0.2, 0.25) is 0 Å². The maximum atomic E-state index is 6.07. The van der Waals surface area contributed by atoms with Gasteiger partial charge in [0.05, 0.1) is 45.2 Å². The van der Waals surface area contributed by atoms with Gasteiger partial charge in [-0.3, -0.25) is 0 Å². The maximum absolute atomic E-state index is 6.07. The van der Waals surface area contributed by atoms with Crippen molar-refractivity contribution in [3.8, 4) is 33.9 Å². The fraction of sp³-hybridized carbons (Fsp3) is 0. The molecule has 8 nitrogen and oxygen atoms in total. The van der Waals surface area contributed by atoms with E-state index in [2.05, 4.69) is 310 Å². The van der Waals surface area contributed by atoms with E-state index in [-0.39, 0.29) is 0 Å². The van der Waals surface area contributed by atoms with Crippen LogP contribution in [0.15, 0.2) is 291 Å². The highest BCUT2D eigenvalue weighted by Gasteiger charge is 2.32. The van der Waals surface area contributed by atoms with Gasteiger partial charge in [0, 0.05) is 66.8 Å². The van der Waals surface area contributed by atoms with Crippen molar-refractivity contribution in [2.24, 2.45) is 0 Å². The Morgan fingerprint density at radius 1 is 0.271 bits per heavy atom. The summed E-state index contributed by atoms with van der Waals surface area (Å²) in [7, 11) is 0. The monoisotopic (exact) mass is 1100 g/mol. The Labute approximate surface area is 493 Å². The number of hydrogen-bond acceptors (Lipinski definition) is 7. The number of hydrogen-bond donors (Lipinski definition) is 0. The summed E-state index contributed by atoms with van der Waals surface area (Å²) in [5.74, 6) is 0. The predicted molar refractivity (Wildman–Crippen MR) is 354 cm³/mol. The molecule has 17 aromatic rings. The van der Waals surface area contributed by atoms with Crippen LogP contribution in [0, 0.1) is 0 Å². The van der Waals surface area contributed by atoms with Gasteiger partial charge in [-0.25, -0.2) is 9.97 Å². The third-order valence-electron chi connectivity index (χ3n) is 16.7. The van der Waals surface area contributed by atoms with Crippen molar-refractivity contribution in [1.82, 2.24) is 27.8 Å². The van der Waals surface area contributed by atoms with Crippen molar-refractivity contribution >= 4 is 133 Å². The first-order valence-electron chi connectivity index (χ1n) is 28.5. The zero-order valence-corrected chi connectivity index (χ0v) is 46.5. The highest BCUT2D eigenvalue weighted by atomic mass is 32.1. The van der Waals surface area contributed by atoms with Gasteiger partial charge < -0.3 is 18.9 Å². The molecule has 0 aliphatic heterocycles. The zero-order valence-electron chi connectivity index (χ0n) is 45.7. The maximum Gasteiger partial charge on any atom is 0.133 e. The minimum absolute atomic E-state index is 0.668. The van der Waals surface area contributed by atoms with Crippen LogP contribution < -0.4 is 9.80 Å². The van der Waals surface area contributed by atoms with Crippen molar-refractivity contribution in [2.45, 2.75) is 0 Å². The molecule has 0 aliphatic rings. The lowest BCUT2D eigenvalue weighted by Gasteiger charge is -2.30. The first kappa shape index (κ1) is 48.4. The fourth-order valence-corrected chi connectivity index (χ4v) is 13.4. The molecule has 0 bridgehead atoms. The van der Waals surface area contributed by atoms with E-state index in [1.165, 1.54) is 33.3 Å². The molecule has 0 unspecified atom stereocenters. The number of aromatic nitrogens is 6. The Morgan fingerprint density at radius 3 is 0.965 bits per heavy atom. The third kappa shape index (κ3) is 7.89. The van der Waals surface area contributed by atoms with Crippen molar-refractivity contribution in [2.75, 3.05) is 9.80 Å². The first-order valence-corrected chi connectivity index (χ1v) is 29.3. The Balaban J connectivity index is 0.959. The highest BCUT2D eigenvalue weighted by molar-refractivity contribution is 7.00. The molecule has 0 radical (unpaired) electrons. The lowest BCUT2D eigenvalue weighted by Crippen LogP contribution is -2.16. The van der Waals surface area contributed by atoms with Crippen LogP contribution in [0.1, 0.15) is 0 Å². The van der Waals surface area contributed by atoms with Crippen molar-refractivity contribution < 1.29 is 0 Å². The second-order valence-electron chi connectivity index (χ2n) is 21.5. The van der Waals surface area contributed by atoms with Crippen LogP contribution in [-0.2, 0) is 0 Å². The number of para-hydroxylation sites is 6. The molecule has 0 saturated carbocycles. The molecule has 4 heterocycles. The van der Waals surface area contributed by atoms with E-state index in [9.17, 15) is 0 Å². The van der Waals surface area contributed by atoms with Gasteiger partial charge in [-0.2, -0.15) is 8.75 Å². The van der Waals surface area contributed by atoms with E-state index < -0.39 is 0 Å². The molecule has 13 aromatic carbocycles. The van der Waals surface area contributed by atoms with E-state index in [0.717, 1.165) is 112 Å². The average Bonchev–Trinajstić information content (AvgIpc) is 2.05. The van der Waals surface area contributed by atoms with E-state index in [1.807, 2.05) is 0 Å². The quantitative estimate of drug-likeness (QED) is 0.127. The van der Waals surface area contributed by atoms with Crippen molar-refractivity contribution in [3.63, 3.8) is 0 Å². The lowest BCUT2D eigenvalue weighted by atomic mass is 9.98. The lowest BCUT2D eigenvalue weighted by molar-refractivity contribution is 1.17. The van der Waals surface area contributed by atoms with E-state index in [1.54, 1.807) is 0 Å². The zero-order chi connectivity index (χ0) is 56.0. The van der Waals surface area contributed by atoms with Gasteiger partial charge in [-0.15, -0.1) is 0 Å². The smallest absolute Gasteiger partial charge is 0.133 e. The summed E-state index contributed by atoms with van der Waals surface area (Å²) in [5, 5.41) is 9.37. The molecular weight excluding hydrogens is 1060 g/mol. The fourth-order valence-electron chi connectivity index (χ4n) is 12.9. The Kier molecular flexibility index (Phi) is 11.2. The third-order valence-corrected chi connectivity index (χ3v) is 17.2. The predicted octanol–water partition coefficient (Wildman–Crippen LogP) is 20.4. The number of rotatable bonds is 10.